The van der Waals surface area contributed by atoms with Crippen LogP contribution in [0.1, 0.15) is 11.1 Å². The van der Waals surface area contributed by atoms with Crippen LogP contribution in [0.3, 0.4) is 0 Å². The third kappa shape index (κ3) is 3.67. The Labute approximate surface area is 167 Å². The molecule has 1 fully saturated rings. The molecule has 3 aromatic rings. The fraction of sp³-hybridized carbons (Fsp3) is 0.333. The number of piperazine rings is 1. The number of carbonyl (C=O) groups excluding carboxylic acids is 1. The van der Waals surface area contributed by atoms with Crippen molar-refractivity contribution in [3.63, 3.8) is 0 Å². The van der Waals surface area contributed by atoms with Crippen molar-refractivity contribution in [1.29, 1.82) is 0 Å². The van der Waals surface area contributed by atoms with E-state index in [1.54, 1.807) is 13.2 Å². The maximum atomic E-state index is 13.9. The number of fused-ring (bicyclic) bond motifs is 1. The molecule has 146 valence electrons. The number of hydrogen-bond donors (Lipinski definition) is 0. The van der Waals surface area contributed by atoms with E-state index in [-0.39, 0.29) is 11.7 Å². The predicted molar refractivity (Wildman–Crippen MR) is 110 cm³/mol. The molecule has 7 heteroatoms. The molecule has 5 nitrogen and oxygen atoms in total. The van der Waals surface area contributed by atoms with E-state index < -0.39 is 0 Å². The Morgan fingerprint density at radius 1 is 1.21 bits per heavy atom. The van der Waals surface area contributed by atoms with E-state index in [4.69, 9.17) is 4.74 Å². The Balaban J connectivity index is 1.38. The van der Waals surface area contributed by atoms with Crippen LogP contribution in [0, 0.1) is 12.7 Å². The van der Waals surface area contributed by atoms with Gasteiger partial charge in [-0.05, 0) is 36.2 Å². The Bertz CT molecular complexity index is 1010. The number of halogens is 1. The van der Waals surface area contributed by atoms with Crippen LogP contribution in [0.25, 0.3) is 10.2 Å². The zero-order valence-corrected chi connectivity index (χ0v) is 16.8. The standard InChI is InChI=1S/C21H22FN3O2S/c1-14-12-15(6-7-17(14)27-2)13-19(26)24-8-10-25(11-9-24)21-23-20-16(22)4-3-5-18(20)28-21/h3-7,12H,8-11,13H2,1-2H3. The van der Waals surface area contributed by atoms with E-state index in [0.29, 0.717) is 38.1 Å². The molecule has 0 atom stereocenters. The number of carbonyl (C=O) groups is 1. The fourth-order valence-corrected chi connectivity index (χ4v) is 4.55. The molecule has 1 amide bonds. The van der Waals surface area contributed by atoms with Crippen molar-refractivity contribution in [2.75, 3.05) is 38.2 Å². The van der Waals surface area contributed by atoms with E-state index in [9.17, 15) is 9.18 Å². The number of anilines is 1. The SMILES string of the molecule is COc1ccc(CC(=O)N2CCN(c3nc4c(F)cccc4s3)CC2)cc1C. The molecule has 1 aromatic heterocycles. The minimum absolute atomic E-state index is 0.125. The summed E-state index contributed by atoms with van der Waals surface area (Å²) in [4.78, 5) is 21.2. The smallest absolute Gasteiger partial charge is 0.227 e. The van der Waals surface area contributed by atoms with Crippen molar-refractivity contribution in [2.24, 2.45) is 0 Å². The van der Waals surface area contributed by atoms with E-state index in [2.05, 4.69) is 9.88 Å². The summed E-state index contributed by atoms with van der Waals surface area (Å²) in [5.74, 6) is 0.667. The Morgan fingerprint density at radius 2 is 2.00 bits per heavy atom. The van der Waals surface area contributed by atoms with Crippen molar-refractivity contribution in [3.05, 3.63) is 53.3 Å². The number of benzene rings is 2. The van der Waals surface area contributed by atoms with Crippen molar-refractivity contribution < 1.29 is 13.9 Å². The highest BCUT2D eigenvalue weighted by Gasteiger charge is 2.23. The van der Waals surface area contributed by atoms with Crippen LogP contribution in [-0.4, -0.2) is 49.1 Å². The second kappa shape index (κ2) is 7.75. The first-order valence-electron chi connectivity index (χ1n) is 9.26. The van der Waals surface area contributed by atoms with Crippen LogP contribution < -0.4 is 9.64 Å². The van der Waals surface area contributed by atoms with Crippen molar-refractivity contribution in [3.8, 4) is 5.75 Å². The van der Waals surface area contributed by atoms with Crippen molar-refractivity contribution in [2.45, 2.75) is 13.3 Å². The minimum Gasteiger partial charge on any atom is -0.496 e. The summed E-state index contributed by atoms with van der Waals surface area (Å²) in [6.45, 7) is 4.68. The number of hydrogen-bond acceptors (Lipinski definition) is 5. The molecule has 0 radical (unpaired) electrons. The number of thiazole rings is 1. The van der Waals surface area contributed by atoms with Gasteiger partial charge < -0.3 is 14.5 Å². The molecule has 1 aliphatic heterocycles. The highest BCUT2D eigenvalue weighted by atomic mass is 32.1. The molecule has 0 unspecified atom stereocenters. The molecule has 0 bridgehead atoms. The van der Waals surface area contributed by atoms with Gasteiger partial charge in [-0.25, -0.2) is 9.37 Å². The van der Waals surface area contributed by atoms with Gasteiger partial charge in [-0.3, -0.25) is 4.79 Å². The number of ether oxygens (including phenoxy) is 1. The molecule has 28 heavy (non-hydrogen) atoms. The Kier molecular flexibility index (Phi) is 5.17. The fourth-order valence-electron chi connectivity index (χ4n) is 3.52. The molecule has 0 spiro atoms. The first kappa shape index (κ1) is 18.7. The van der Waals surface area contributed by atoms with Crippen LogP contribution >= 0.6 is 11.3 Å². The van der Waals surface area contributed by atoms with Crippen LogP contribution in [0.5, 0.6) is 5.75 Å². The first-order valence-corrected chi connectivity index (χ1v) is 10.1. The first-order chi connectivity index (χ1) is 13.5. The van der Waals surface area contributed by atoms with E-state index in [0.717, 1.165) is 26.7 Å². The molecule has 2 heterocycles. The van der Waals surface area contributed by atoms with E-state index >= 15 is 0 Å². The number of methoxy groups -OCH3 is 1. The van der Waals surface area contributed by atoms with Crippen LogP contribution in [0.15, 0.2) is 36.4 Å². The molecule has 0 saturated carbocycles. The number of rotatable bonds is 4. The van der Waals surface area contributed by atoms with Crippen LogP contribution in [0.2, 0.25) is 0 Å². The lowest BCUT2D eigenvalue weighted by Gasteiger charge is -2.34. The number of para-hydroxylation sites is 1. The zero-order valence-electron chi connectivity index (χ0n) is 15.9. The van der Waals surface area contributed by atoms with Gasteiger partial charge in [0.2, 0.25) is 5.91 Å². The van der Waals surface area contributed by atoms with Crippen LogP contribution in [-0.2, 0) is 11.2 Å². The number of nitrogens with zero attached hydrogens (tertiary/aromatic N) is 3. The van der Waals surface area contributed by atoms with Crippen molar-refractivity contribution in [1.82, 2.24) is 9.88 Å². The zero-order chi connectivity index (χ0) is 19.7. The minimum atomic E-state index is -0.288. The average molecular weight is 399 g/mol. The summed E-state index contributed by atoms with van der Waals surface area (Å²) in [5.41, 5.74) is 2.45. The third-order valence-electron chi connectivity index (χ3n) is 5.08. The summed E-state index contributed by atoms with van der Waals surface area (Å²) >= 11 is 1.49. The van der Waals surface area contributed by atoms with Gasteiger partial charge in [0.15, 0.2) is 5.13 Å². The molecular weight excluding hydrogens is 377 g/mol. The highest BCUT2D eigenvalue weighted by molar-refractivity contribution is 7.22. The van der Waals surface area contributed by atoms with Gasteiger partial charge in [0.25, 0.3) is 0 Å². The molecule has 2 aromatic carbocycles. The summed E-state index contributed by atoms with van der Waals surface area (Å²) in [5, 5.41) is 0.818. The molecular formula is C21H22FN3O2S. The Hall–Kier alpha value is -2.67. The predicted octanol–water partition coefficient (Wildman–Crippen LogP) is 3.64. The molecule has 4 rings (SSSR count). The van der Waals surface area contributed by atoms with Gasteiger partial charge in [0, 0.05) is 26.2 Å². The lowest BCUT2D eigenvalue weighted by Crippen LogP contribution is -2.49. The summed E-state index contributed by atoms with van der Waals surface area (Å²) in [6.07, 6.45) is 0.386. The number of aromatic nitrogens is 1. The quantitative estimate of drug-likeness (QED) is 0.672. The summed E-state index contributed by atoms with van der Waals surface area (Å²) in [6, 6.07) is 10.9. The van der Waals surface area contributed by atoms with E-state index in [1.807, 2.05) is 36.1 Å². The normalized spacial score (nSPS) is 14.5. The van der Waals surface area contributed by atoms with Gasteiger partial charge in [0.1, 0.15) is 17.1 Å². The summed E-state index contributed by atoms with van der Waals surface area (Å²) in [7, 11) is 1.65. The van der Waals surface area contributed by atoms with Gasteiger partial charge in [-0.1, -0.05) is 29.5 Å². The average Bonchev–Trinajstić information content (AvgIpc) is 3.14. The van der Waals surface area contributed by atoms with Gasteiger partial charge in [-0.15, -0.1) is 0 Å². The lowest BCUT2D eigenvalue weighted by atomic mass is 10.1. The van der Waals surface area contributed by atoms with Crippen molar-refractivity contribution >= 4 is 32.6 Å². The highest BCUT2D eigenvalue weighted by Crippen LogP contribution is 2.30. The number of aryl methyl sites for hydroxylation is 1. The van der Waals surface area contributed by atoms with Gasteiger partial charge >= 0.3 is 0 Å². The third-order valence-corrected chi connectivity index (χ3v) is 6.16. The molecule has 1 aliphatic rings. The summed E-state index contributed by atoms with van der Waals surface area (Å²) < 4.78 is 20.0. The van der Waals surface area contributed by atoms with Crippen LogP contribution in [0.4, 0.5) is 9.52 Å². The lowest BCUT2D eigenvalue weighted by molar-refractivity contribution is -0.130. The van der Waals surface area contributed by atoms with Gasteiger partial charge in [-0.2, -0.15) is 0 Å². The maximum Gasteiger partial charge on any atom is 0.227 e. The molecule has 1 saturated heterocycles. The second-order valence-corrected chi connectivity index (χ2v) is 7.94. The maximum absolute atomic E-state index is 13.9. The second-order valence-electron chi connectivity index (χ2n) is 6.93. The Morgan fingerprint density at radius 3 is 2.68 bits per heavy atom. The molecule has 0 N–H and O–H groups in total. The monoisotopic (exact) mass is 399 g/mol. The topological polar surface area (TPSA) is 45.7 Å². The number of amides is 1. The van der Waals surface area contributed by atoms with Gasteiger partial charge in [0.05, 0.1) is 18.2 Å². The van der Waals surface area contributed by atoms with E-state index in [1.165, 1.54) is 17.4 Å². The largest absolute Gasteiger partial charge is 0.496 e. The molecule has 0 aliphatic carbocycles.